The molecule has 0 saturated carbocycles. The number of carbonyl (C=O) groups is 2. The van der Waals surface area contributed by atoms with Gasteiger partial charge in [-0.1, -0.05) is 33.8 Å². The average Bonchev–Trinajstić information content (AvgIpc) is 2.69. The second-order valence-electron chi connectivity index (χ2n) is 5.94. The molecule has 0 unspecified atom stereocenters. The Morgan fingerprint density at radius 3 is 2.57 bits per heavy atom. The summed E-state index contributed by atoms with van der Waals surface area (Å²) in [4.78, 5) is 43.1. The monoisotopic (exact) mass is 491 g/mol. The van der Waals surface area contributed by atoms with Gasteiger partial charge in [0, 0.05) is 15.7 Å². The van der Waals surface area contributed by atoms with Gasteiger partial charge in [0.25, 0.3) is 11.5 Å². The van der Waals surface area contributed by atoms with Gasteiger partial charge in [-0.15, -0.1) is 0 Å². The fourth-order valence-corrected chi connectivity index (χ4v) is 3.27. The largest absolute Gasteiger partial charge is 0.382 e. The van der Waals surface area contributed by atoms with Crippen LogP contribution in [-0.2, 0) is 4.79 Å². The Hall–Kier alpha value is -3.18. The molecule has 2 aromatic carbocycles. The molecule has 0 saturated heterocycles. The molecular formula is C19H15BrFN5O3S. The van der Waals surface area contributed by atoms with E-state index in [2.05, 4.69) is 36.5 Å². The van der Waals surface area contributed by atoms with Crippen LogP contribution >= 0.6 is 27.7 Å². The molecule has 154 valence electrons. The summed E-state index contributed by atoms with van der Waals surface area (Å²) in [5.41, 5.74) is 5.62. The lowest BCUT2D eigenvalue weighted by Gasteiger charge is -2.09. The molecule has 30 heavy (non-hydrogen) atoms. The fourth-order valence-electron chi connectivity index (χ4n) is 2.34. The number of rotatable bonds is 6. The summed E-state index contributed by atoms with van der Waals surface area (Å²) in [6.45, 7) is 0. The number of hydrogen-bond acceptors (Lipinski definition) is 6. The first-order chi connectivity index (χ1) is 14.3. The quantitative estimate of drug-likeness (QED) is 0.309. The number of thioether (sulfide) groups is 1. The number of aromatic amines is 1. The lowest BCUT2D eigenvalue weighted by Crippen LogP contribution is -2.23. The Morgan fingerprint density at radius 1 is 1.17 bits per heavy atom. The van der Waals surface area contributed by atoms with Gasteiger partial charge in [0.2, 0.25) is 5.91 Å². The van der Waals surface area contributed by atoms with Crippen molar-refractivity contribution < 1.29 is 14.0 Å². The van der Waals surface area contributed by atoms with Crippen molar-refractivity contribution in [3.8, 4) is 0 Å². The van der Waals surface area contributed by atoms with Crippen molar-refractivity contribution in [1.29, 1.82) is 0 Å². The highest BCUT2D eigenvalue weighted by atomic mass is 79.9. The summed E-state index contributed by atoms with van der Waals surface area (Å²) >= 11 is 4.21. The molecule has 0 aliphatic heterocycles. The molecule has 0 radical (unpaired) electrons. The zero-order valence-corrected chi connectivity index (χ0v) is 17.6. The van der Waals surface area contributed by atoms with Crippen LogP contribution in [0.1, 0.15) is 10.4 Å². The minimum atomic E-state index is -0.652. The SMILES string of the molecule is Nc1nc(SCC(=O)Nc2cccc(F)c2)[nH]c(=O)c1NC(=O)c1ccc(Br)cc1. The Bertz CT molecular complexity index is 1150. The first kappa shape index (κ1) is 21.5. The van der Waals surface area contributed by atoms with Crippen LogP contribution in [-0.4, -0.2) is 27.5 Å². The molecule has 0 atom stereocenters. The van der Waals surface area contributed by atoms with E-state index in [4.69, 9.17) is 5.73 Å². The predicted molar refractivity (Wildman–Crippen MR) is 117 cm³/mol. The first-order valence-electron chi connectivity index (χ1n) is 8.47. The van der Waals surface area contributed by atoms with Crippen molar-refractivity contribution >= 4 is 56.7 Å². The van der Waals surface area contributed by atoms with E-state index in [1.807, 2.05) is 0 Å². The van der Waals surface area contributed by atoms with Crippen LogP contribution in [0.4, 0.5) is 21.6 Å². The zero-order chi connectivity index (χ0) is 21.7. The number of H-pyrrole nitrogens is 1. The highest BCUT2D eigenvalue weighted by molar-refractivity contribution is 9.10. The number of aromatic nitrogens is 2. The number of benzene rings is 2. The molecule has 0 fully saturated rings. The molecular weight excluding hydrogens is 477 g/mol. The van der Waals surface area contributed by atoms with Crippen molar-refractivity contribution in [2.24, 2.45) is 0 Å². The Balaban J connectivity index is 1.64. The highest BCUT2D eigenvalue weighted by Crippen LogP contribution is 2.18. The van der Waals surface area contributed by atoms with Crippen molar-refractivity contribution in [1.82, 2.24) is 9.97 Å². The van der Waals surface area contributed by atoms with Gasteiger partial charge >= 0.3 is 0 Å². The Morgan fingerprint density at radius 2 is 1.90 bits per heavy atom. The van der Waals surface area contributed by atoms with Gasteiger partial charge in [-0.3, -0.25) is 19.4 Å². The van der Waals surface area contributed by atoms with Gasteiger partial charge < -0.3 is 16.4 Å². The third-order valence-corrected chi connectivity index (χ3v) is 5.12. The predicted octanol–water partition coefficient (Wildman–Crippen LogP) is 3.24. The number of nitrogens with two attached hydrogens (primary N) is 1. The van der Waals surface area contributed by atoms with E-state index in [1.54, 1.807) is 30.3 Å². The molecule has 3 aromatic rings. The number of nitrogens with zero attached hydrogens (tertiary/aromatic N) is 1. The first-order valence-corrected chi connectivity index (χ1v) is 10.2. The molecule has 3 rings (SSSR count). The number of nitrogen functional groups attached to an aromatic ring is 1. The smallest absolute Gasteiger partial charge is 0.277 e. The summed E-state index contributed by atoms with van der Waals surface area (Å²) in [6, 6.07) is 12.0. The summed E-state index contributed by atoms with van der Waals surface area (Å²) in [6.07, 6.45) is 0. The minimum absolute atomic E-state index is 0.0938. The van der Waals surface area contributed by atoms with Crippen LogP contribution in [0.25, 0.3) is 0 Å². The highest BCUT2D eigenvalue weighted by Gasteiger charge is 2.15. The number of hydrogen-bond donors (Lipinski definition) is 4. The van der Waals surface area contributed by atoms with Crippen molar-refractivity contribution in [3.05, 3.63) is 74.7 Å². The Labute approximate surface area is 182 Å². The van der Waals surface area contributed by atoms with Crippen molar-refractivity contribution in [2.45, 2.75) is 5.16 Å². The van der Waals surface area contributed by atoms with Crippen molar-refractivity contribution in [2.75, 3.05) is 22.1 Å². The molecule has 1 aromatic heterocycles. The number of amides is 2. The topological polar surface area (TPSA) is 130 Å². The fraction of sp³-hybridized carbons (Fsp3) is 0.0526. The van der Waals surface area contributed by atoms with E-state index < -0.39 is 23.2 Å². The standard InChI is InChI=1S/C19H15BrFN5O3S/c20-11-6-4-10(5-7-11)17(28)24-15-16(22)25-19(26-18(15)29)30-9-14(27)23-13-3-1-2-12(21)8-13/h1-8H,9H2,(H,23,27)(H,24,28)(H3,22,25,26,29). The second kappa shape index (κ2) is 9.55. The summed E-state index contributed by atoms with van der Waals surface area (Å²) in [7, 11) is 0. The van der Waals surface area contributed by atoms with Gasteiger partial charge in [-0.2, -0.15) is 0 Å². The van der Waals surface area contributed by atoms with E-state index in [9.17, 15) is 18.8 Å². The Kier molecular flexibility index (Phi) is 6.85. The van der Waals surface area contributed by atoms with E-state index in [0.29, 0.717) is 11.3 Å². The van der Waals surface area contributed by atoms with Gasteiger partial charge in [0.05, 0.1) is 5.75 Å². The molecule has 5 N–H and O–H groups in total. The number of carbonyl (C=O) groups excluding carboxylic acids is 2. The summed E-state index contributed by atoms with van der Waals surface area (Å²) in [5, 5.41) is 5.07. The van der Waals surface area contributed by atoms with Gasteiger partial charge in [0.1, 0.15) is 11.5 Å². The van der Waals surface area contributed by atoms with Crippen LogP contribution in [0.2, 0.25) is 0 Å². The molecule has 0 aliphatic rings. The molecule has 0 spiro atoms. The summed E-state index contributed by atoms with van der Waals surface area (Å²) < 4.78 is 14.0. The summed E-state index contributed by atoms with van der Waals surface area (Å²) in [5.74, 6) is -1.68. The van der Waals surface area contributed by atoms with Crippen molar-refractivity contribution in [3.63, 3.8) is 0 Å². The van der Waals surface area contributed by atoms with Gasteiger partial charge in [-0.05, 0) is 42.5 Å². The third kappa shape index (κ3) is 5.67. The molecule has 2 amide bonds. The molecule has 11 heteroatoms. The van der Waals surface area contributed by atoms with Crippen LogP contribution in [0.15, 0.2) is 63.0 Å². The van der Waals surface area contributed by atoms with Gasteiger partial charge in [-0.25, -0.2) is 9.37 Å². The normalized spacial score (nSPS) is 10.5. The third-order valence-electron chi connectivity index (χ3n) is 3.72. The maximum Gasteiger partial charge on any atom is 0.277 e. The molecule has 8 nitrogen and oxygen atoms in total. The number of anilines is 3. The van der Waals surface area contributed by atoms with E-state index in [0.717, 1.165) is 16.2 Å². The lowest BCUT2D eigenvalue weighted by atomic mass is 10.2. The molecule has 0 aliphatic carbocycles. The number of halogens is 2. The maximum absolute atomic E-state index is 13.2. The second-order valence-corrected chi connectivity index (χ2v) is 7.82. The zero-order valence-electron chi connectivity index (χ0n) is 15.2. The maximum atomic E-state index is 13.2. The van der Waals surface area contributed by atoms with Crippen LogP contribution in [0.3, 0.4) is 0 Å². The minimum Gasteiger partial charge on any atom is -0.382 e. The lowest BCUT2D eigenvalue weighted by molar-refractivity contribution is -0.113. The molecule has 1 heterocycles. The van der Waals surface area contributed by atoms with Crippen LogP contribution in [0.5, 0.6) is 0 Å². The number of nitrogens with one attached hydrogen (secondary N) is 3. The van der Waals surface area contributed by atoms with E-state index in [1.165, 1.54) is 18.2 Å². The molecule has 0 bridgehead atoms. The van der Waals surface area contributed by atoms with E-state index in [-0.39, 0.29) is 22.4 Å². The van der Waals surface area contributed by atoms with Gasteiger partial charge in [0.15, 0.2) is 11.0 Å². The average molecular weight is 492 g/mol. The van der Waals surface area contributed by atoms with Crippen LogP contribution < -0.4 is 21.9 Å². The van der Waals surface area contributed by atoms with Crippen LogP contribution in [0, 0.1) is 5.82 Å². The van der Waals surface area contributed by atoms with E-state index >= 15 is 0 Å².